The van der Waals surface area contributed by atoms with E-state index in [1.54, 1.807) is 16.5 Å². The summed E-state index contributed by atoms with van der Waals surface area (Å²) in [5, 5.41) is 0. The van der Waals surface area contributed by atoms with E-state index in [4.69, 9.17) is 4.74 Å². The van der Waals surface area contributed by atoms with E-state index in [2.05, 4.69) is 4.98 Å². The number of carbonyl (C=O) groups is 1. The molecule has 1 aromatic heterocycles. The van der Waals surface area contributed by atoms with Crippen LogP contribution in [0.5, 0.6) is 0 Å². The minimum atomic E-state index is -0.158. The van der Waals surface area contributed by atoms with Crippen molar-refractivity contribution in [1.82, 2.24) is 14.5 Å². The standard InChI is InChI=1S/C23H26N4O3/c1-25(17-18-7-3-2-4-8-18)21(28)11-12-27-20-10-6-5-9-19(20)24-22(23(27)29)26-13-15-30-16-14-26/h2-10H,11-17H2,1H3. The van der Waals surface area contributed by atoms with Crippen LogP contribution >= 0.6 is 0 Å². The van der Waals surface area contributed by atoms with Crippen LogP contribution in [0.25, 0.3) is 11.0 Å². The number of carbonyl (C=O) groups excluding carboxylic acids is 1. The van der Waals surface area contributed by atoms with Gasteiger partial charge < -0.3 is 19.1 Å². The third-order valence-corrected chi connectivity index (χ3v) is 5.38. The van der Waals surface area contributed by atoms with Crippen molar-refractivity contribution in [3.63, 3.8) is 0 Å². The average Bonchev–Trinajstić information content (AvgIpc) is 2.79. The van der Waals surface area contributed by atoms with E-state index in [0.29, 0.717) is 45.2 Å². The van der Waals surface area contributed by atoms with Crippen molar-refractivity contribution in [2.24, 2.45) is 0 Å². The first-order valence-electron chi connectivity index (χ1n) is 10.2. The maximum atomic E-state index is 13.2. The molecule has 0 atom stereocenters. The molecule has 0 saturated carbocycles. The van der Waals surface area contributed by atoms with Crippen LogP contribution in [-0.2, 0) is 22.6 Å². The van der Waals surface area contributed by atoms with Gasteiger partial charge in [-0.2, -0.15) is 0 Å². The molecule has 0 aliphatic carbocycles. The maximum absolute atomic E-state index is 13.2. The highest BCUT2D eigenvalue weighted by Crippen LogP contribution is 2.16. The monoisotopic (exact) mass is 406 g/mol. The SMILES string of the molecule is CN(Cc1ccccc1)C(=O)CCn1c(=O)c(N2CCOCC2)nc2ccccc21. The molecule has 0 radical (unpaired) electrons. The van der Waals surface area contributed by atoms with Crippen molar-refractivity contribution in [1.29, 1.82) is 0 Å². The van der Waals surface area contributed by atoms with E-state index in [1.807, 2.05) is 59.5 Å². The molecule has 7 nitrogen and oxygen atoms in total. The van der Waals surface area contributed by atoms with E-state index in [1.165, 1.54) is 0 Å². The predicted octanol–water partition coefficient (Wildman–Crippen LogP) is 2.28. The van der Waals surface area contributed by atoms with Gasteiger partial charge in [0.05, 0.1) is 24.2 Å². The molecule has 156 valence electrons. The summed E-state index contributed by atoms with van der Waals surface area (Å²) >= 11 is 0. The summed E-state index contributed by atoms with van der Waals surface area (Å²) in [5.41, 5.74) is 2.42. The van der Waals surface area contributed by atoms with Crippen LogP contribution in [0.1, 0.15) is 12.0 Å². The number of para-hydroxylation sites is 2. The largest absolute Gasteiger partial charge is 0.378 e. The minimum absolute atomic E-state index is 0.000399. The number of ether oxygens (including phenoxy) is 1. The van der Waals surface area contributed by atoms with Gasteiger partial charge in [0.15, 0.2) is 5.82 Å². The van der Waals surface area contributed by atoms with E-state index in [0.717, 1.165) is 16.6 Å². The lowest BCUT2D eigenvalue weighted by Crippen LogP contribution is -2.41. The third-order valence-electron chi connectivity index (χ3n) is 5.38. The first kappa shape index (κ1) is 20.1. The van der Waals surface area contributed by atoms with Crippen molar-refractivity contribution in [2.75, 3.05) is 38.3 Å². The van der Waals surface area contributed by atoms with Crippen LogP contribution in [0.2, 0.25) is 0 Å². The molecule has 7 heteroatoms. The molecular formula is C23H26N4O3. The fourth-order valence-electron chi connectivity index (χ4n) is 3.73. The number of rotatable bonds is 6. The van der Waals surface area contributed by atoms with Crippen LogP contribution < -0.4 is 10.5 Å². The first-order chi connectivity index (χ1) is 14.6. The van der Waals surface area contributed by atoms with E-state index in [9.17, 15) is 9.59 Å². The van der Waals surface area contributed by atoms with Crippen molar-refractivity contribution < 1.29 is 9.53 Å². The number of hydrogen-bond donors (Lipinski definition) is 0. The number of benzene rings is 2. The maximum Gasteiger partial charge on any atom is 0.294 e. The van der Waals surface area contributed by atoms with Crippen molar-refractivity contribution in [3.8, 4) is 0 Å². The average molecular weight is 406 g/mol. The number of aromatic nitrogens is 2. The first-order valence-corrected chi connectivity index (χ1v) is 10.2. The van der Waals surface area contributed by atoms with Crippen LogP contribution in [0.15, 0.2) is 59.4 Å². The van der Waals surface area contributed by atoms with Crippen LogP contribution in [0.3, 0.4) is 0 Å². The zero-order valence-electron chi connectivity index (χ0n) is 17.2. The van der Waals surface area contributed by atoms with Gasteiger partial charge >= 0.3 is 0 Å². The Balaban J connectivity index is 1.56. The number of amides is 1. The van der Waals surface area contributed by atoms with Gasteiger partial charge in [0.25, 0.3) is 5.56 Å². The second kappa shape index (κ2) is 9.09. The molecule has 1 aliphatic heterocycles. The summed E-state index contributed by atoms with van der Waals surface area (Å²) < 4.78 is 7.09. The number of fused-ring (bicyclic) bond motifs is 1. The molecule has 4 rings (SSSR count). The van der Waals surface area contributed by atoms with Crippen LogP contribution in [0.4, 0.5) is 5.82 Å². The van der Waals surface area contributed by atoms with Gasteiger partial charge in [0.2, 0.25) is 5.91 Å². The van der Waals surface area contributed by atoms with Crippen molar-refractivity contribution in [3.05, 3.63) is 70.5 Å². The summed E-state index contributed by atoms with van der Waals surface area (Å²) in [6.45, 7) is 3.30. The fourth-order valence-corrected chi connectivity index (χ4v) is 3.73. The number of anilines is 1. The molecular weight excluding hydrogens is 380 g/mol. The molecule has 30 heavy (non-hydrogen) atoms. The van der Waals surface area contributed by atoms with E-state index < -0.39 is 0 Å². The number of nitrogens with zero attached hydrogens (tertiary/aromatic N) is 4. The van der Waals surface area contributed by atoms with E-state index >= 15 is 0 Å². The summed E-state index contributed by atoms with van der Waals surface area (Å²) in [6.07, 6.45) is 0.250. The molecule has 1 saturated heterocycles. The van der Waals surface area contributed by atoms with Gasteiger partial charge in [-0.3, -0.25) is 9.59 Å². The highest BCUT2D eigenvalue weighted by molar-refractivity contribution is 5.78. The normalized spacial score (nSPS) is 14.1. The topological polar surface area (TPSA) is 67.7 Å². The quantitative estimate of drug-likeness (QED) is 0.628. The number of hydrogen-bond acceptors (Lipinski definition) is 5. The van der Waals surface area contributed by atoms with Gasteiger partial charge in [-0.05, 0) is 17.7 Å². The molecule has 2 heterocycles. The lowest BCUT2D eigenvalue weighted by molar-refractivity contribution is -0.130. The number of morpholine rings is 1. The van der Waals surface area contributed by atoms with Crippen LogP contribution in [-0.4, -0.2) is 53.7 Å². The Hall–Kier alpha value is -3.19. The zero-order chi connectivity index (χ0) is 20.9. The highest BCUT2D eigenvalue weighted by atomic mass is 16.5. The van der Waals surface area contributed by atoms with Gasteiger partial charge in [0, 0.05) is 39.6 Å². The second-order valence-electron chi connectivity index (χ2n) is 7.47. The fraction of sp³-hybridized carbons (Fsp3) is 0.348. The van der Waals surface area contributed by atoms with Gasteiger partial charge in [-0.15, -0.1) is 0 Å². The summed E-state index contributed by atoms with van der Waals surface area (Å²) in [7, 11) is 1.79. The highest BCUT2D eigenvalue weighted by Gasteiger charge is 2.20. The zero-order valence-corrected chi connectivity index (χ0v) is 17.2. The molecule has 0 N–H and O–H groups in total. The molecule has 1 fully saturated rings. The smallest absolute Gasteiger partial charge is 0.294 e. The number of aryl methyl sites for hydroxylation is 1. The third kappa shape index (κ3) is 4.36. The molecule has 2 aromatic carbocycles. The Morgan fingerprint density at radius 3 is 2.53 bits per heavy atom. The lowest BCUT2D eigenvalue weighted by atomic mass is 10.2. The van der Waals surface area contributed by atoms with Gasteiger partial charge in [-0.1, -0.05) is 42.5 Å². The Morgan fingerprint density at radius 1 is 1.07 bits per heavy atom. The molecule has 1 aliphatic rings. The molecule has 0 bridgehead atoms. The van der Waals surface area contributed by atoms with Gasteiger partial charge in [-0.25, -0.2) is 4.98 Å². The summed E-state index contributed by atoms with van der Waals surface area (Å²) in [6, 6.07) is 17.5. The van der Waals surface area contributed by atoms with Crippen LogP contribution in [0, 0.1) is 0 Å². The second-order valence-corrected chi connectivity index (χ2v) is 7.47. The molecule has 1 amide bonds. The lowest BCUT2D eigenvalue weighted by Gasteiger charge is -2.28. The molecule has 0 spiro atoms. The summed E-state index contributed by atoms with van der Waals surface area (Å²) in [5.74, 6) is 0.432. The van der Waals surface area contributed by atoms with Crippen molar-refractivity contribution >= 4 is 22.8 Å². The molecule has 0 unspecified atom stereocenters. The van der Waals surface area contributed by atoms with Crippen molar-refractivity contribution in [2.45, 2.75) is 19.5 Å². The Morgan fingerprint density at radius 2 is 1.77 bits per heavy atom. The Bertz CT molecular complexity index is 1070. The minimum Gasteiger partial charge on any atom is -0.378 e. The molecule has 3 aromatic rings. The summed E-state index contributed by atoms with van der Waals surface area (Å²) in [4.78, 5) is 34.3. The Labute approximate surface area is 175 Å². The van der Waals surface area contributed by atoms with E-state index in [-0.39, 0.29) is 17.9 Å². The van der Waals surface area contributed by atoms with Gasteiger partial charge in [0.1, 0.15) is 0 Å². The predicted molar refractivity (Wildman–Crippen MR) is 117 cm³/mol. The Kier molecular flexibility index (Phi) is 6.09.